The lowest BCUT2D eigenvalue weighted by atomic mass is 10.2. The Labute approximate surface area is 149 Å². The molecule has 1 amide bonds. The average molecular weight is 365 g/mol. The summed E-state index contributed by atoms with van der Waals surface area (Å²) in [5, 5.41) is 2.92. The zero-order valence-corrected chi connectivity index (χ0v) is 14.7. The number of aromatic nitrogens is 1. The van der Waals surface area contributed by atoms with E-state index in [2.05, 4.69) is 10.3 Å². The molecule has 0 bridgehead atoms. The molecule has 8 heteroatoms. The van der Waals surface area contributed by atoms with E-state index in [9.17, 15) is 9.59 Å². The van der Waals surface area contributed by atoms with Crippen molar-refractivity contribution in [3.8, 4) is 11.5 Å². The van der Waals surface area contributed by atoms with Crippen LogP contribution in [-0.4, -0.2) is 37.2 Å². The standard InChI is InChI=1S/C17H17ClN2O5/c1-10(25-17(22)11-4-6-19-7-5-11)16(21)20-13-8-12(18)14(23-2)9-15(13)24-3/h4-10H,1-3H3,(H,20,21). The third-order valence-electron chi connectivity index (χ3n) is 3.30. The lowest BCUT2D eigenvalue weighted by molar-refractivity contribution is -0.123. The van der Waals surface area contributed by atoms with Gasteiger partial charge in [0.2, 0.25) is 0 Å². The normalized spacial score (nSPS) is 11.4. The van der Waals surface area contributed by atoms with Gasteiger partial charge >= 0.3 is 5.97 Å². The SMILES string of the molecule is COc1cc(OC)c(NC(=O)C(C)OC(=O)c2ccncc2)cc1Cl. The number of halogens is 1. The number of nitrogens with one attached hydrogen (secondary N) is 1. The maximum absolute atomic E-state index is 12.3. The smallest absolute Gasteiger partial charge is 0.339 e. The molecule has 0 spiro atoms. The third-order valence-corrected chi connectivity index (χ3v) is 3.60. The van der Waals surface area contributed by atoms with Gasteiger partial charge in [-0.25, -0.2) is 4.79 Å². The number of ether oxygens (including phenoxy) is 3. The molecule has 132 valence electrons. The Bertz CT molecular complexity index is 767. The highest BCUT2D eigenvalue weighted by molar-refractivity contribution is 6.32. The van der Waals surface area contributed by atoms with Crippen LogP contribution in [0.25, 0.3) is 0 Å². The van der Waals surface area contributed by atoms with Crippen LogP contribution < -0.4 is 14.8 Å². The molecular formula is C17H17ClN2O5. The lowest BCUT2D eigenvalue weighted by Gasteiger charge is -2.16. The van der Waals surface area contributed by atoms with Crippen molar-refractivity contribution >= 4 is 29.2 Å². The molecule has 1 heterocycles. The summed E-state index contributed by atoms with van der Waals surface area (Å²) in [5.41, 5.74) is 0.643. The van der Waals surface area contributed by atoms with E-state index in [0.29, 0.717) is 27.8 Å². The number of carbonyl (C=O) groups excluding carboxylic acids is 2. The van der Waals surface area contributed by atoms with Gasteiger partial charge in [-0.3, -0.25) is 9.78 Å². The van der Waals surface area contributed by atoms with Crippen LogP contribution in [0, 0.1) is 0 Å². The Kier molecular flexibility index (Phi) is 6.19. The first-order valence-corrected chi connectivity index (χ1v) is 7.67. The number of anilines is 1. The number of pyridine rings is 1. The van der Waals surface area contributed by atoms with E-state index in [1.54, 1.807) is 6.07 Å². The summed E-state index contributed by atoms with van der Waals surface area (Å²) in [6.07, 6.45) is 1.91. The molecule has 0 aliphatic heterocycles. The number of methoxy groups -OCH3 is 2. The number of hydrogen-bond donors (Lipinski definition) is 1. The van der Waals surface area contributed by atoms with Crippen molar-refractivity contribution in [1.82, 2.24) is 4.98 Å². The Morgan fingerprint density at radius 2 is 1.76 bits per heavy atom. The minimum Gasteiger partial charge on any atom is -0.495 e. The van der Waals surface area contributed by atoms with E-state index in [1.165, 1.54) is 51.7 Å². The second-order valence-electron chi connectivity index (χ2n) is 4.96. The van der Waals surface area contributed by atoms with Crippen LogP contribution in [0.2, 0.25) is 5.02 Å². The fourth-order valence-electron chi connectivity index (χ4n) is 1.96. The number of benzene rings is 1. The molecule has 2 rings (SSSR count). The molecule has 1 N–H and O–H groups in total. The van der Waals surface area contributed by atoms with E-state index >= 15 is 0 Å². The summed E-state index contributed by atoms with van der Waals surface area (Å²) in [6, 6.07) is 6.04. The van der Waals surface area contributed by atoms with Crippen molar-refractivity contribution in [2.75, 3.05) is 19.5 Å². The molecule has 25 heavy (non-hydrogen) atoms. The first kappa shape index (κ1) is 18.5. The van der Waals surface area contributed by atoms with Crippen molar-refractivity contribution in [3.05, 3.63) is 47.2 Å². The van der Waals surface area contributed by atoms with E-state index in [0.717, 1.165) is 0 Å². The predicted octanol–water partition coefficient (Wildman–Crippen LogP) is 2.94. The summed E-state index contributed by atoms with van der Waals surface area (Å²) in [6.45, 7) is 1.46. The highest BCUT2D eigenvalue weighted by atomic mass is 35.5. The van der Waals surface area contributed by atoms with Gasteiger partial charge in [0.1, 0.15) is 11.5 Å². The topological polar surface area (TPSA) is 86.8 Å². The molecule has 1 unspecified atom stereocenters. The van der Waals surface area contributed by atoms with Crippen LogP contribution >= 0.6 is 11.6 Å². The fraction of sp³-hybridized carbons (Fsp3) is 0.235. The molecule has 0 saturated heterocycles. The molecule has 2 aromatic rings. The number of rotatable bonds is 6. The van der Waals surface area contributed by atoms with Crippen LogP contribution in [0.4, 0.5) is 5.69 Å². The third kappa shape index (κ3) is 4.60. The van der Waals surface area contributed by atoms with E-state index in [4.69, 9.17) is 25.8 Å². The molecule has 0 aliphatic rings. The number of carbonyl (C=O) groups is 2. The fourth-order valence-corrected chi connectivity index (χ4v) is 2.20. The van der Waals surface area contributed by atoms with Crippen molar-refractivity contribution in [1.29, 1.82) is 0 Å². The number of amides is 1. The molecule has 0 fully saturated rings. The zero-order chi connectivity index (χ0) is 18.4. The van der Waals surface area contributed by atoms with Crippen LogP contribution in [0.5, 0.6) is 11.5 Å². The molecule has 1 aromatic heterocycles. The highest BCUT2D eigenvalue weighted by Crippen LogP contribution is 2.35. The maximum Gasteiger partial charge on any atom is 0.339 e. The van der Waals surface area contributed by atoms with Gasteiger partial charge in [-0.1, -0.05) is 11.6 Å². The quantitative estimate of drug-likeness (QED) is 0.793. The van der Waals surface area contributed by atoms with Gasteiger partial charge in [-0.05, 0) is 25.1 Å². The van der Waals surface area contributed by atoms with Crippen molar-refractivity contribution in [2.24, 2.45) is 0 Å². The second kappa shape index (κ2) is 8.34. The minimum atomic E-state index is -1.02. The summed E-state index contributed by atoms with van der Waals surface area (Å²) < 4.78 is 15.4. The monoisotopic (exact) mass is 364 g/mol. The number of esters is 1. The zero-order valence-electron chi connectivity index (χ0n) is 13.9. The Balaban J connectivity index is 2.08. The van der Waals surface area contributed by atoms with Crippen LogP contribution in [-0.2, 0) is 9.53 Å². The lowest BCUT2D eigenvalue weighted by Crippen LogP contribution is -2.30. The van der Waals surface area contributed by atoms with Crippen molar-refractivity contribution in [3.63, 3.8) is 0 Å². The van der Waals surface area contributed by atoms with Crippen molar-refractivity contribution in [2.45, 2.75) is 13.0 Å². The van der Waals surface area contributed by atoms with Gasteiger partial charge in [0.25, 0.3) is 5.91 Å². The predicted molar refractivity (Wildman–Crippen MR) is 92.3 cm³/mol. The maximum atomic E-state index is 12.3. The molecule has 7 nitrogen and oxygen atoms in total. The van der Waals surface area contributed by atoms with Gasteiger partial charge < -0.3 is 19.5 Å². The highest BCUT2D eigenvalue weighted by Gasteiger charge is 2.21. The second-order valence-corrected chi connectivity index (χ2v) is 5.37. The Hall–Kier alpha value is -2.80. The molecule has 0 aliphatic carbocycles. The summed E-state index contributed by atoms with van der Waals surface area (Å²) in [5.74, 6) is -0.373. The van der Waals surface area contributed by atoms with Gasteiger partial charge in [0.15, 0.2) is 6.10 Å². The molecule has 1 aromatic carbocycles. The van der Waals surface area contributed by atoms with Gasteiger partial charge in [-0.2, -0.15) is 0 Å². The summed E-state index contributed by atoms with van der Waals surface area (Å²) in [7, 11) is 2.92. The van der Waals surface area contributed by atoms with E-state index in [1.807, 2.05) is 0 Å². The summed E-state index contributed by atoms with van der Waals surface area (Å²) >= 11 is 6.06. The van der Waals surface area contributed by atoms with Gasteiger partial charge in [0, 0.05) is 18.5 Å². The largest absolute Gasteiger partial charge is 0.495 e. The van der Waals surface area contributed by atoms with Gasteiger partial charge in [0.05, 0.1) is 30.5 Å². The molecule has 0 radical (unpaired) electrons. The number of nitrogens with zero attached hydrogens (tertiary/aromatic N) is 1. The van der Waals surface area contributed by atoms with E-state index in [-0.39, 0.29) is 0 Å². The minimum absolute atomic E-state index is 0.305. The molecule has 0 saturated carbocycles. The Morgan fingerprint density at radius 3 is 2.36 bits per heavy atom. The summed E-state index contributed by atoms with van der Waals surface area (Å²) in [4.78, 5) is 28.1. The Morgan fingerprint density at radius 1 is 1.12 bits per heavy atom. The first-order chi connectivity index (χ1) is 12.0. The van der Waals surface area contributed by atoms with Crippen molar-refractivity contribution < 1.29 is 23.8 Å². The number of hydrogen-bond acceptors (Lipinski definition) is 6. The molecule has 1 atom stereocenters. The van der Waals surface area contributed by atoms with Gasteiger partial charge in [-0.15, -0.1) is 0 Å². The van der Waals surface area contributed by atoms with Crippen LogP contribution in [0.15, 0.2) is 36.7 Å². The van der Waals surface area contributed by atoms with Crippen LogP contribution in [0.3, 0.4) is 0 Å². The van der Waals surface area contributed by atoms with E-state index < -0.39 is 18.0 Å². The first-order valence-electron chi connectivity index (χ1n) is 7.29. The van der Waals surface area contributed by atoms with Crippen LogP contribution in [0.1, 0.15) is 17.3 Å². The average Bonchev–Trinajstić information content (AvgIpc) is 2.62. The molecular weight excluding hydrogens is 348 g/mol.